The molecule has 1 atom stereocenters. The van der Waals surface area contributed by atoms with Crippen molar-refractivity contribution in [3.8, 4) is 5.69 Å². The van der Waals surface area contributed by atoms with Gasteiger partial charge in [0.1, 0.15) is 12.4 Å². The molecule has 1 unspecified atom stereocenters. The molecule has 1 saturated heterocycles. The maximum absolute atomic E-state index is 13.3. The number of rotatable bonds is 7. The number of nitrogens with one attached hydrogen (secondary N) is 1. The zero-order valence-electron chi connectivity index (χ0n) is 20.3. The predicted octanol–water partition coefficient (Wildman–Crippen LogP) is 3.57. The van der Waals surface area contributed by atoms with Gasteiger partial charge >= 0.3 is 5.69 Å². The Bertz CT molecular complexity index is 1340. The number of benzene rings is 2. The lowest BCUT2D eigenvalue weighted by Crippen LogP contribution is -2.50. The van der Waals surface area contributed by atoms with Crippen molar-refractivity contribution in [2.75, 3.05) is 36.4 Å². The number of piperazine rings is 1. The standard InChI is InChI=1S/C26H29N7O2S/c1-19(2)33-26(35)32(18-28-33)22-10-8-21(9-11-22)30-13-15-31(16-14-30)23(20-6-4-3-5-7-20)24(34)29-25-27-12-17-36-25/h3-12,17-19,23H,13-16H2,1-2H3,(H,27,29,34). The van der Waals surface area contributed by atoms with Crippen molar-refractivity contribution in [3.63, 3.8) is 0 Å². The van der Waals surface area contributed by atoms with Crippen LogP contribution < -0.4 is 15.9 Å². The third kappa shape index (κ3) is 4.95. The molecule has 0 spiro atoms. The van der Waals surface area contributed by atoms with Gasteiger partial charge in [0.05, 0.1) is 11.7 Å². The Kier molecular flexibility index (Phi) is 6.97. The average molecular weight is 504 g/mol. The Morgan fingerprint density at radius 3 is 2.28 bits per heavy atom. The molecule has 1 aliphatic heterocycles. The monoisotopic (exact) mass is 503 g/mol. The van der Waals surface area contributed by atoms with Gasteiger partial charge in [-0.15, -0.1) is 11.3 Å². The molecule has 5 rings (SSSR count). The van der Waals surface area contributed by atoms with Gasteiger partial charge in [-0.25, -0.2) is 19.0 Å². The molecule has 3 heterocycles. The first-order valence-corrected chi connectivity index (χ1v) is 12.9. The smallest absolute Gasteiger partial charge is 0.350 e. The quantitative estimate of drug-likeness (QED) is 0.415. The minimum Gasteiger partial charge on any atom is -0.369 e. The number of hydrogen-bond donors (Lipinski definition) is 1. The van der Waals surface area contributed by atoms with Crippen LogP contribution in [0.5, 0.6) is 0 Å². The van der Waals surface area contributed by atoms with Crippen molar-refractivity contribution >= 4 is 28.1 Å². The largest absolute Gasteiger partial charge is 0.369 e. The Hall–Kier alpha value is -3.76. The molecule has 0 saturated carbocycles. The van der Waals surface area contributed by atoms with Gasteiger partial charge in [0, 0.05) is 43.4 Å². The van der Waals surface area contributed by atoms with E-state index in [1.54, 1.807) is 17.1 Å². The third-order valence-electron chi connectivity index (χ3n) is 6.38. The van der Waals surface area contributed by atoms with Gasteiger partial charge in [-0.2, -0.15) is 5.10 Å². The summed E-state index contributed by atoms with van der Waals surface area (Å²) in [5, 5.41) is 9.64. The molecule has 2 aromatic carbocycles. The number of amides is 1. The Labute approximate surface area is 213 Å². The van der Waals surface area contributed by atoms with E-state index in [1.807, 2.05) is 73.8 Å². The van der Waals surface area contributed by atoms with Crippen molar-refractivity contribution in [1.82, 2.24) is 24.2 Å². The molecule has 1 N–H and O–H groups in total. The fourth-order valence-corrected chi connectivity index (χ4v) is 5.06. The summed E-state index contributed by atoms with van der Waals surface area (Å²) >= 11 is 1.41. The van der Waals surface area contributed by atoms with Gasteiger partial charge in [0.2, 0.25) is 5.91 Å². The number of carbonyl (C=O) groups is 1. The topological polar surface area (TPSA) is 88.3 Å². The Morgan fingerprint density at radius 2 is 1.67 bits per heavy atom. The van der Waals surface area contributed by atoms with E-state index < -0.39 is 0 Å². The molecule has 186 valence electrons. The fraction of sp³-hybridized carbons (Fsp3) is 0.308. The highest BCUT2D eigenvalue weighted by Gasteiger charge is 2.31. The van der Waals surface area contributed by atoms with E-state index in [0.29, 0.717) is 5.13 Å². The van der Waals surface area contributed by atoms with Crippen molar-refractivity contribution < 1.29 is 4.79 Å². The number of nitrogens with zero attached hydrogens (tertiary/aromatic N) is 6. The van der Waals surface area contributed by atoms with Gasteiger partial charge in [0.25, 0.3) is 0 Å². The summed E-state index contributed by atoms with van der Waals surface area (Å²) in [5.74, 6) is -0.0682. The number of carbonyl (C=O) groups excluding carboxylic acids is 1. The van der Waals surface area contributed by atoms with E-state index in [-0.39, 0.29) is 23.7 Å². The average Bonchev–Trinajstić information content (AvgIpc) is 3.55. The summed E-state index contributed by atoms with van der Waals surface area (Å²) in [4.78, 5) is 34.6. The summed E-state index contributed by atoms with van der Waals surface area (Å²) in [5.41, 5.74) is 2.70. The van der Waals surface area contributed by atoms with Gasteiger partial charge in [0.15, 0.2) is 5.13 Å². The maximum atomic E-state index is 13.3. The molecule has 2 aromatic heterocycles. The molecule has 4 aromatic rings. The summed E-state index contributed by atoms with van der Waals surface area (Å²) < 4.78 is 3.04. The van der Waals surface area contributed by atoms with Crippen LogP contribution in [0.15, 0.2) is 77.3 Å². The SMILES string of the molecule is CC(C)n1ncn(-c2ccc(N3CCN(C(C(=O)Nc4nccs4)c4ccccc4)CC3)cc2)c1=O. The van der Waals surface area contributed by atoms with Crippen molar-refractivity contribution in [2.24, 2.45) is 0 Å². The normalized spacial score (nSPS) is 15.2. The molecule has 0 bridgehead atoms. The van der Waals surface area contributed by atoms with Crippen LogP contribution in [0, 0.1) is 0 Å². The van der Waals surface area contributed by atoms with Crippen LogP contribution in [0.1, 0.15) is 31.5 Å². The number of anilines is 2. The number of thiazole rings is 1. The van der Waals surface area contributed by atoms with Crippen LogP contribution in [0.3, 0.4) is 0 Å². The highest BCUT2D eigenvalue weighted by atomic mass is 32.1. The zero-order valence-corrected chi connectivity index (χ0v) is 21.1. The molecule has 1 amide bonds. The van der Waals surface area contributed by atoms with Gasteiger partial charge in [-0.3, -0.25) is 9.69 Å². The third-order valence-corrected chi connectivity index (χ3v) is 7.07. The Balaban J connectivity index is 1.28. The molecule has 0 aliphatic carbocycles. The van der Waals surface area contributed by atoms with Crippen molar-refractivity contribution in [1.29, 1.82) is 0 Å². The number of hydrogen-bond acceptors (Lipinski definition) is 7. The van der Waals surface area contributed by atoms with Gasteiger partial charge in [-0.1, -0.05) is 30.3 Å². The molecule has 9 nitrogen and oxygen atoms in total. The van der Waals surface area contributed by atoms with Crippen LogP contribution in [-0.2, 0) is 4.79 Å². The molecular formula is C26H29N7O2S. The van der Waals surface area contributed by atoms with E-state index in [1.165, 1.54) is 16.0 Å². The first-order valence-electron chi connectivity index (χ1n) is 12.0. The molecule has 10 heteroatoms. The van der Waals surface area contributed by atoms with Crippen LogP contribution in [-0.4, -0.2) is 56.3 Å². The van der Waals surface area contributed by atoms with E-state index >= 15 is 0 Å². The zero-order chi connectivity index (χ0) is 25.1. The second kappa shape index (κ2) is 10.5. The first-order chi connectivity index (χ1) is 17.5. The second-order valence-electron chi connectivity index (χ2n) is 9.00. The highest BCUT2D eigenvalue weighted by molar-refractivity contribution is 7.13. The molecule has 0 radical (unpaired) electrons. The van der Waals surface area contributed by atoms with Crippen LogP contribution in [0.2, 0.25) is 0 Å². The molecular weight excluding hydrogens is 474 g/mol. The van der Waals surface area contributed by atoms with E-state index in [4.69, 9.17) is 0 Å². The lowest BCUT2D eigenvalue weighted by Gasteiger charge is -2.39. The predicted molar refractivity (Wildman–Crippen MR) is 142 cm³/mol. The van der Waals surface area contributed by atoms with Crippen LogP contribution in [0.25, 0.3) is 5.69 Å². The van der Waals surface area contributed by atoms with Gasteiger partial charge < -0.3 is 10.2 Å². The van der Waals surface area contributed by atoms with E-state index in [0.717, 1.165) is 43.1 Å². The second-order valence-corrected chi connectivity index (χ2v) is 9.90. The lowest BCUT2D eigenvalue weighted by atomic mass is 10.0. The summed E-state index contributed by atoms with van der Waals surface area (Å²) in [6.45, 7) is 6.94. The first kappa shape index (κ1) is 24.0. The molecule has 1 aliphatic rings. The van der Waals surface area contributed by atoms with Crippen LogP contribution in [0.4, 0.5) is 10.8 Å². The van der Waals surface area contributed by atoms with Crippen LogP contribution >= 0.6 is 11.3 Å². The van der Waals surface area contributed by atoms with Crippen molar-refractivity contribution in [2.45, 2.75) is 25.9 Å². The molecule has 36 heavy (non-hydrogen) atoms. The Morgan fingerprint density at radius 1 is 0.972 bits per heavy atom. The molecule has 1 fully saturated rings. The summed E-state index contributed by atoms with van der Waals surface area (Å²) in [6.07, 6.45) is 3.26. The fourth-order valence-electron chi connectivity index (χ4n) is 4.53. The summed E-state index contributed by atoms with van der Waals surface area (Å²) in [7, 11) is 0. The van der Waals surface area contributed by atoms with E-state index in [9.17, 15) is 9.59 Å². The number of aromatic nitrogens is 4. The minimum atomic E-state index is -0.385. The minimum absolute atomic E-state index is 0.0117. The van der Waals surface area contributed by atoms with E-state index in [2.05, 4.69) is 25.2 Å². The van der Waals surface area contributed by atoms with Gasteiger partial charge in [-0.05, 0) is 43.7 Å². The maximum Gasteiger partial charge on any atom is 0.350 e. The summed E-state index contributed by atoms with van der Waals surface area (Å²) in [6, 6.07) is 17.5. The lowest BCUT2D eigenvalue weighted by molar-refractivity contribution is -0.121. The van der Waals surface area contributed by atoms with Crippen molar-refractivity contribution in [3.05, 3.63) is 88.5 Å². The highest BCUT2D eigenvalue weighted by Crippen LogP contribution is 2.26.